The van der Waals surface area contributed by atoms with Gasteiger partial charge in [-0.05, 0) is 18.2 Å². The van der Waals surface area contributed by atoms with Crippen molar-refractivity contribution in [3.05, 3.63) is 23.8 Å². The molecular weight excluding hydrogens is 240 g/mol. The van der Waals surface area contributed by atoms with E-state index in [1.165, 1.54) is 20.3 Å². The summed E-state index contributed by atoms with van der Waals surface area (Å²) in [6, 6.07) is 3.27. The third-order valence-electron chi connectivity index (χ3n) is 2.07. The SMILES string of the molecule is COc1ccc(OC)c([C@H](N)C(F)F)c1.Cl. The molecule has 92 valence electrons. The second-order valence-corrected chi connectivity index (χ2v) is 2.97. The summed E-state index contributed by atoms with van der Waals surface area (Å²) in [4.78, 5) is 0. The predicted octanol–water partition coefficient (Wildman–Crippen LogP) is 2.39. The van der Waals surface area contributed by atoms with E-state index in [1.54, 1.807) is 12.1 Å². The minimum atomic E-state index is -2.63. The molecule has 6 heteroatoms. The molecule has 1 aromatic rings. The van der Waals surface area contributed by atoms with Gasteiger partial charge in [-0.15, -0.1) is 12.4 Å². The first-order valence-corrected chi connectivity index (χ1v) is 4.35. The first-order valence-electron chi connectivity index (χ1n) is 4.35. The molecule has 0 bridgehead atoms. The number of nitrogens with two attached hydrogens (primary N) is 1. The monoisotopic (exact) mass is 253 g/mol. The van der Waals surface area contributed by atoms with E-state index >= 15 is 0 Å². The van der Waals surface area contributed by atoms with Crippen molar-refractivity contribution in [1.82, 2.24) is 0 Å². The number of halogens is 3. The summed E-state index contributed by atoms with van der Waals surface area (Å²) in [5.41, 5.74) is 5.59. The molecule has 0 radical (unpaired) electrons. The first kappa shape index (κ1) is 14.9. The highest BCUT2D eigenvalue weighted by Crippen LogP contribution is 2.30. The van der Waals surface area contributed by atoms with Gasteiger partial charge in [0.05, 0.1) is 20.3 Å². The third-order valence-corrected chi connectivity index (χ3v) is 2.07. The van der Waals surface area contributed by atoms with Crippen LogP contribution in [0.4, 0.5) is 8.78 Å². The highest BCUT2D eigenvalue weighted by Gasteiger charge is 2.21. The van der Waals surface area contributed by atoms with Crippen molar-refractivity contribution in [2.24, 2.45) is 5.73 Å². The largest absolute Gasteiger partial charge is 0.497 e. The molecule has 0 saturated carbocycles. The van der Waals surface area contributed by atoms with Crippen LogP contribution in [0.2, 0.25) is 0 Å². The van der Waals surface area contributed by atoms with Crippen LogP contribution in [0.3, 0.4) is 0 Å². The molecule has 0 amide bonds. The van der Waals surface area contributed by atoms with Crippen molar-refractivity contribution in [1.29, 1.82) is 0 Å². The molecule has 0 spiro atoms. The van der Waals surface area contributed by atoms with Gasteiger partial charge in [-0.25, -0.2) is 8.78 Å². The number of ether oxygens (including phenoxy) is 2. The lowest BCUT2D eigenvalue weighted by Crippen LogP contribution is -2.19. The van der Waals surface area contributed by atoms with Gasteiger partial charge in [0.1, 0.15) is 11.5 Å². The number of alkyl halides is 2. The molecule has 0 heterocycles. The van der Waals surface area contributed by atoms with Crippen molar-refractivity contribution < 1.29 is 18.3 Å². The molecule has 3 nitrogen and oxygen atoms in total. The Morgan fingerprint density at radius 1 is 1.19 bits per heavy atom. The normalized spacial score (nSPS) is 11.9. The van der Waals surface area contributed by atoms with Crippen molar-refractivity contribution >= 4 is 12.4 Å². The Labute approximate surface area is 98.9 Å². The zero-order valence-electron chi connectivity index (χ0n) is 8.94. The molecule has 0 aliphatic carbocycles. The minimum absolute atomic E-state index is 0. The van der Waals surface area contributed by atoms with Crippen molar-refractivity contribution in [2.75, 3.05) is 14.2 Å². The average Bonchev–Trinajstić information content (AvgIpc) is 2.27. The second-order valence-electron chi connectivity index (χ2n) is 2.97. The topological polar surface area (TPSA) is 44.5 Å². The van der Waals surface area contributed by atoms with Gasteiger partial charge in [0.25, 0.3) is 6.43 Å². The molecule has 0 unspecified atom stereocenters. The summed E-state index contributed by atoms with van der Waals surface area (Å²) in [5, 5.41) is 0. The van der Waals surface area contributed by atoms with Crippen LogP contribution in [0.1, 0.15) is 11.6 Å². The third kappa shape index (κ3) is 3.21. The van der Waals surface area contributed by atoms with Gasteiger partial charge in [-0.3, -0.25) is 0 Å². The molecule has 0 aliphatic rings. The van der Waals surface area contributed by atoms with Gasteiger partial charge in [0, 0.05) is 5.56 Å². The van der Waals surface area contributed by atoms with Crippen LogP contribution in [0.5, 0.6) is 11.5 Å². The van der Waals surface area contributed by atoms with Gasteiger partial charge in [-0.2, -0.15) is 0 Å². The second kappa shape index (κ2) is 6.50. The average molecular weight is 254 g/mol. The summed E-state index contributed by atoms with van der Waals surface area (Å²) in [7, 11) is 2.86. The molecule has 0 fully saturated rings. The summed E-state index contributed by atoms with van der Waals surface area (Å²) in [5.74, 6) is 0.811. The number of benzene rings is 1. The maximum absolute atomic E-state index is 12.4. The standard InChI is InChI=1S/C10H13F2NO2.ClH/c1-14-6-3-4-8(15-2)7(5-6)9(13)10(11)12;/h3-5,9-10H,13H2,1-2H3;1H/t9-;/m0./s1. The first-order chi connectivity index (χ1) is 7.10. The maximum Gasteiger partial charge on any atom is 0.257 e. The van der Waals surface area contributed by atoms with Gasteiger partial charge >= 0.3 is 0 Å². The summed E-state index contributed by atoms with van der Waals surface area (Å²) >= 11 is 0. The van der Waals surface area contributed by atoms with Crippen LogP contribution in [-0.2, 0) is 0 Å². The van der Waals surface area contributed by atoms with Gasteiger partial charge < -0.3 is 15.2 Å². The Morgan fingerprint density at radius 3 is 2.25 bits per heavy atom. The highest BCUT2D eigenvalue weighted by molar-refractivity contribution is 5.85. The molecule has 2 N–H and O–H groups in total. The Kier molecular flexibility index (Phi) is 6.06. The lowest BCUT2D eigenvalue weighted by Gasteiger charge is -2.15. The van der Waals surface area contributed by atoms with E-state index in [0.717, 1.165) is 0 Å². The van der Waals surface area contributed by atoms with Crippen molar-refractivity contribution in [2.45, 2.75) is 12.5 Å². The number of hydrogen-bond donors (Lipinski definition) is 1. The van der Waals surface area contributed by atoms with E-state index in [2.05, 4.69) is 0 Å². The van der Waals surface area contributed by atoms with Crippen LogP contribution in [0.15, 0.2) is 18.2 Å². The van der Waals surface area contributed by atoms with Crippen LogP contribution in [-0.4, -0.2) is 20.6 Å². The van der Waals surface area contributed by atoms with E-state index in [1.807, 2.05) is 0 Å². The molecule has 16 heavy (non-hydrogen) atoms. The quantitative estimate of drug-likeness (QED) is 0.896. The van der Waals surface area contributed by atoms with Crippen LogP contribution in [0, 0.1) is 0 Å². The molecule has 1 aromatic carbocycles. The van der Waals surface area contributed by atoms with Gasteiger partial charge in [0.15, 0.2) is 0 Å². The van der Waals surface area contributed by atoms with E-state index < -0.39 is 12.5 Å². The Balaban J connectivity index is 0.00000225. The Morgan fingerprint density at radius 2 is 1.81 bits per heavy atom. The fraction of sp³-hybridized carbons (Fsp3) is 0.400. The molecule has 1 atom stereocenters. The fourth-order valence-corrected chi connectivity index (χ4v) is 1.24. The van der Waals surface area contributed by atoms with Crippen LogP contribution < -0.4 is 15.2 Å². The molecule has 1 rings (SSSR count). The predicted molar refractivity (Wildman–Crippen MR) is 59.7 cm³/mol. The number of rotatable bonds is 4. The highest BCUT2D eigenvalue weighted by atomic mass is 35.5. The van der Waals surface area contributed by atoms with Crippen LogP contribution >= 0.6 is 12.4 Å². The summed E-state index contributed by atoms with van der Waals surface area (Å²) < 4.78 is 34.8. The minimum Gasteiger partial charge on any atom is -0.497 e. The summed E-state index contributed by atoms with van der Waals surface area (Å²) in [6.07, 6.45) is -2.63. The molecule has 0 aliphatic heterocycles. The van der Waals surface area contributed by atoms with E-state index in [0.29, 0.717) is 11.5 Å². The van der Waals surface area contributed by atoms with Crippen molar-refractivity contribution in [3.8, 4) is 11.5 Å². The summed E-state index contributed by atoms with van der Waals surface area (Å²) in [6.45, 7) is 0. The smallest absolute Gasteiger partial charge is 0.257 e. The lowest BCUT2D eigenvalue weighted by atomic mass is 10.1. The van der Waals surface area contributed by atoms with E-state index in [9.17, 15) is 8.78 Å². The zero-order chi connectivity index (χ0) is 11.4. The van der Waals surface area contributed by atoms with Crippen molar-refractivity contribution in [3.63, 3.8) is 0 Å². The maximum atomic E-state index is 12.4. The Hall–Kier alpha value is -1.07. The van der Waals surface area contributed by atoms with Gasteiger partial charge in [0.2, 0.25) is 0 Å². The molecular formula is C10H14ClF2NO2. The number of methoxy groups -OCH3 is 2. The zero-order valence-corrected chi connectivity index (χ0v) is 9.76. The fourth-order valence-electron chi connectivity index (χ4n) is 1.24. The van der Waals surface area contributed by atoms with E-state index in [-0.39, 0.29) is 18.0 Å². The van der Waals surface area contributed by atoms with E-state index in [4.69, 9.17) is 15.2 Å². The van der Waals surface area contributed by atoms with Crippen LogP contribution in [0.25, 0.3) is 0 Å². The number of hydrogen-bond acceptors (Lipinski definition) is 3. The lowest BCUT2D eigenvalue weighted by molar-refractivity contribution is 0.115. The molecule has 0 aromatic heterocycles. The van der Waals surface area contributed by atoms with Gasteiger partial charge in [-0.1, -0.05) is 0 Å². The molecule has 0 saturated heterocycles. The Bertz CT molecular complexity index is 337.